The van der Waals surface area contributed by atoms with Crippen LogP contribution in [0, 0.1) is 0 Å². The molecule has 0 aromatic carbocycles. The van der Waals surface area contributed by atoms with Gasteiger partial charge in [0, 0.05) is 118 Å². The zero-order valence-electron chi connectivity index (χ0n) is 53.1. The second-order valence-corrected chi connectivity index (χ2v) is 38.4. The number of hydrogen-bond acceptors (Lipinski definition) is 12. The van der Waals surface area contributed by atoms with Gasteiger partial charge < -0.3 is 0 Å². The molecule has 9 rings (SSSR count). The number of nitrogens with zero attached hydrogens (tertiary/aromatic N) is 21. The molecule has 0 saturated carbocycles. The highest BCUT2D eigenvalue weighted by atomic mass is 31.2. The van der Waals surface area contributed by atoms with Gasteiger partial charge in [-0.1, -0.05) is 0 Å². The normalized spacial score (nSPS) is 25.0. The minimum Gasteiger partial charge on any atom is -0.259 e. The quantitative estimate of drug-likeness (QED) is 0.0876. The Morgan fingerprint density at radius 2 is 0.342 bits per heavy atom. The van der Waals surface area contributed by atoms with E-state index in [9.17, 15) is 0 Å². The van der Waals surface area contributed by atoms with Gasteiger partial charge in [0.05, 0.1) is 0 Å². The maximum absolute atomic E-state index is 6.85. The Bertz CT molecular complexity index is 1720. The van der Waals surface area contributed by atoms with Gasteiger partial charge in [0.15, 0.2) is 40.3 Å². The summed E-state index contributed by atoms with van der Waals surface area (Å²) in [5.74, 6) is -1.33. The van der Waals surface area contributed by atoms with Gasteiger partial charge in [0.1, 0.15) is 0 Å². The molecule has 9 fully saturated rings. The van der Waals surface area contributed by atoms with Gasteiger partial charge in [0.25, 0.3) is 8.37 Å². The molecular formula is C54H117N21P4. The van der Waals surface area contributed by atoms with Crippen LogP contribution in [0.5, 0.6) is 0 Å². The first-order valence-electron chi connectivity index (χ1n) is 31.6. The summed E-state index contributed by atoms with van der Waals surface area (Å²) in [5, 5.41) is 0. The van der Waals surface area contributed by atoms with E-state index in [1.165, 1.54) is 116 Å². The second-order valence-electron chi connectivity index (χ2n) is 25.8. The maximum Gasteiger partial charge on any atom is 0.274 e. The van der Waals surface area contributed by atoms with Gasteiger partial charge in [-0.15, -0.1) is 0 Å². The van der Waals surface area contributed by atoms with Gasteiger partial charge >= 0.3 is 0 Å². The Morgan fingerprint density at radius 3 is 0.443 bits per heavy atom. The van der Waals surface area contributed by atoms with Crippen LogP contribution in [0.4, 0.5) is 0 Å². The molecule has 0 aliphatic carbocycles. The molecular weight excluding hydrogens is 1070 g/mol. The van der Waals surface area contributed by atoms with Crippen molar-refractivity contribution in [1.29, 1.82) is 0 Å². The molecule has 0 aromatic heterocycles. The van der Waals surface area contributed by atoms with Crippen LogP contribution < -0.4 is 0 Å². The van der Waals surface area contributed by atoms with Gasteiger partial charge in [-0.3, -0.25) is 72.1 Å². The van der Waals surface area contributed by atoms with Gasteiger partial charge in [0.2, 0.25) is 0 Å². The fraction of sp³-hybridized carbons (Fsp3) is 1.00. The van der Waals surface area contributed by atoms with Crippen molar-refractivity contribution in [2.45, 2.75) is 133 Å². The molecule has 0 N–H and O–H groups in total. The van der Waals surface area contributed by atoms with Crippen molar-refractivity contribution in [3.05, 3.63) is 0 Å². The summed E-state index contributed by atoms with van der Waals surface area (Å²) in [7, 11) is 25.0. The third-order valence-corrected chi connectivity index (χ3v) is 34.6. The topological polar surface area (TPSA) is 95.4 Å². The first kappa shape index (κ1) is 63.9. The highest BCUT2D eigenvalue weighted by molar-refractivity contribution is 7.76. The molecule has 458 valence electrons. The Labute approximate surface area is 485 Å². The van der Waals surface area contributed by atoms with Crippen LogP contribution in [-0.4, -0.2) is 327 Å². The van der Waals surface area contributed by atoms with Gasteiger partial charge in [-0.05, 0) is 221 Å². The van der Waals surface area contributed by atoms with Crippen LogP contribution in [0.3, 0.4) is 0 Å². The predicted octanol–water partition coefficient (Wildman–Crippen LogP) is 7.91. The van der Waals surface area contributed by atoms with Crippen LogP contribution in [-0.2, 0) is 0 Å². The van der Waals surface area contributed by atoms with Crippen LogP contribution >= 0.6 is 30.9 Å². The first-order chi connectivity index (χ1) is 37.9. The average Bonchev–Trinajstić information content (AvgIpc) is 4.45. The summed E-state index contributed by atoms with van der Waals surface area (Å²) in [4.78, 5) is 26.1. The number of rotatable bonds is 24. The maximum atomic E-state index is 6.85. The van der Waals surface area contributed by atoms with Crippen LogP contribution in [0.25, 0.3) is 0 Å². The molecule has 0 aromatic rings. The molecule has 21 nitrogen and oxygen atoms in total. The smallest absolute Gasteiger partial charge is 0.259 e. The van der Waals surface area contributed by atoms with Crippen LogP contribution in [0.15, 0.2) is 13.5 Å². The van der Waals surface area contributed by atoms with E-state index in [-0.39, 0.29) is 0 Å². The zero-order valence-corrected chi connectivity index (χ0v) is 56.7. The summed E-state index contributed by atoms with van der Waals surface area (Å²) < 4.78 is 44.5. The van der Waals surface area contributed by atoms with Crippen molar-refractivity contribution >= 4 is 30.9 Å². The van der Waals surface area contributed by atoms with Crippen LogP contribution in [0.1, 0.15) is 116 Å². The van der Waals surface area contributed by atoms with E-state index < -0.39 is 48.6 Å². The standard InChI is InChI=1S/C54H117N21P4/c1-58(2)77(59(3)4,64(13)52(67-34-16-17-35-67,68-36-18-19-37-68)69-38-20-21-39-69)55-76(56-78(60(5)6,61(7)8)65(14)53(70-40-22-23-41-70,71-42-24-25-43-71)72-44-26-27-45-72)57-79(62(9)10,63(11)12)66(15)54(73-46-28-29-47-73,74-48-30-31-49-74)75-50-32-33-51-75/h16-51H2,1-15H3. The molecule has 9 saturated heterocycles. The van der Waals surface area contributed by atoms with Crippen molar-refractivity contribution < 1.29 is 0 Å². The molecule has 0 amide bonds. The number of hydrogen-bond donors (Lipinski definition) is 0. The third-order valence-electron chi connectivity index (χ3n) is 20.1. The van der Waals surface area contributed by atoms with E-state index in [4.69, 9.17) is 13.5 Å². The summed E-state index contributed by atoms with van der Waals surface area (Å²) in [6.45, 7) is 19.8. The summed E-state index contributed by atoms with van der Waals surface area (Å²) >= 11 is 0. The first-order valence-corrected chi connectivity index (χ1v) is 37.6. The highest BCUT2D eigenvalue weighted by Crippen LogP contribution is 2.76. The molecule has 0 spiro atoms. The zero-order chi connectivity index (χ0) is 56.5. The molecule has 0 atom stereocenters. The van der Waals surface area contributed by atoms with Crippen molar-refractivity contribution in [2.75, 3.05) is 224 Å². The van der Waals surface area contributed by atoms with Gasteiger partial charge in [-0.25, -0.2) is 14.0 Å². The molecule has 0 unspecified atom stereocenters. The summed E-state index contributed by atoms with van der Waals surface area (Å²) in [5.41, 5.74) is 0. The molecule has 9 heterocycles. The molecule has 9 aliphatic heterocycles. The van der Waals surface area contributed by atoms with E-state index in [1.54, 1.807) is 0 Å². The fourth-order valence-corrected chi connectivity index (χ4v) is 33.9. The lowest BCUT2D eigenvalue weighted by Crippen LogP contribution is -2.75. The number of likely N-dealkylation sites (tertiary alicyclic amines) is 9. The van der Waals surface area contributed by atoms with E-state index in [2.05, 4.69) is 192 Å². The summed E-state index contributed by atoms with van der Waals surface area (Å²) in [6.07, 6.45) is 22.2. The van der Waals surface area contributed by atoms with E-state index in [0.29, 0.717) is 0 Å². The Hall–Kier alpha value is 0.400. The fourth-order valence-electron chi connectivity index (χ4n) is 17.1. The molecule has 0 radical (unpaired) electrons. The predicted molar refractivity (Wildman–Crippen MR) is 336 cm³/mol. The molecule has 79 heavy (non-hydrogen) atoms. The largest absolute Gasteiger partial charge is 0.274 e. The lowest BCUT2D eigenvalue weighted by Gasteiger charge is -2.62. The Morgan fingerprint density at radius 1 is 0.228 bits per heavy atom. The van der Waals surface area contributed by atoms with E-state index in [1.807, 2.05) is 0 Å². The van der Waals surface area contributed by atoms with E-state index >= 15 is 0 Å². The average molecular weight is 1180 g/mol. The van der Waals surface area contributed by atoms with Crippen molar-refractivity contribution in [3.63, 3.8) is 0 Å². The highest BCUT2D eigenvalue weighted by Gasteiger charge is 2.62. The minimum absolute atomic E-state index is 0.443. The van der Waals surface area contributed by atoms with Crippen molar-refractivity contribution in [2.24, 2.45) is 13.5 Å². The van der Waals surface area contributed by atoms with Gasteiger partial charge in [-0.2, -0.15) is 13.5 Å². The molecule has 25 heteroatoms. The minimum atomic E-state index is -2.92. The monoisotopic (exact) mass is 1180 g/mol. The Kier molecular flexibility index (Phi) is 21.7. The summed E-state index contributed by atoms with van der Waals surface area (Å²) in [6, 6.07) is 0. The Balaban J connectivity index is 1.42. The SMILES string of the molecule is CN(C)P(=NP(N=P(N(C)C)(N(C)C)N(C)C(N1CCCC1)(N1CCCC1)N1CCCC1)N=P(N(C)C)(N(C)C)N(C)C(N1CCCC1)(N1CCCC1)N1CCCC1)(N(C)C)N(C)C(N1CCCC1)(N1CCCC1)N1CCCC1. The van der Waals surface area contributed by atoms with E-state index in [0.717, 1.165) is 118 Å². The second kappa shape index (κ2) is 26.8. The van der Waals surface area contributed by atoms with Crippen molar-refractivity contribution in [3.8, 4) is 0 Å². The third kappa shape index (κ3) is 11.0. The molecule has 0 bridgehead atoms. The molecule has 9 aliphatic rings. The van der Waals surface area contributed by atoms with Crippen LogP contribution in [0.2, 0.25) is 0 Å². The lowest BCUT2D eigenvalue weighted by molar-refractivity contribution is -0.211. The van der Waals surface area contributed by atoms with Crippen molar-refractivity contribution in [1.82, 2.24) is 86.1 Å². The lowest BCUT2D eigenvalue weighted by atomic mass is 10.3.